The van der Waals surface area contributed by atoms with Gasteiger partial charge < -0.3 is 28.7 Å². The first kappa shape index (κ1) is 28.9. The van der Waals surface area contributed by atoms with Gasteiger partial charge in [0, 0.05) is 28.1 Å². The molecule has 0 radical (unpaired) electrons. The van der Waals surface area contributed by atoms with Gasteiger partial charge in [0.1, 0.15) is 24.4 Å². The zero-order valence-corrected chi connectivity index (χ0v) is 22.9. The lowest BCUT2D eigenvalue weighted by atomic mass is 9.97. The number of rotatable bonds is 6. The highest BCUT2D eigenvalue weighted by Crippen LogP contribution is 2.55. The van der Waals surface area contributed by atoms with E-state index in [4.69, 9.17) is 58.7 Å². The number of hydrogen-bond acceptors (Lipinski definition) is 7. The number of carbonyl (C=O) groups excluding carboxylic acids is 1. The molecule has 2 aliphatic rings. The van der Waals surface area contributed by atoms with Crippen LogP contribution in [0.2, 0.25) is 10.1 Å². The highest BCUT2D eigenvalue weighted by molar-refractivity contribution is 6.76. The van der Waals surface area contributed by atoms with Crippen LogP contribution in [0.5, 0.6) is 0 Å². The number of amides is 1. The van der Waals surface area contributed by atoms with E-state index in [9.17, 15) is 9.90 Å². The van der Waals surface area contributed by atoms with Crippen molar-refractivity contribution in [3.8, 4) is 0 Å². The topological polar surface area (TPSA) is 135 Å². The van der Waals surface area contributed by atoms with Crippen molar-refractivity contribution >= 4 is 49.3 Å². The molecule has 2 saturated heterocycles. The largest absolute Gasteiger partial charge is 0.391 e. The Hall–Kier alpha value is -0.333. The third-order valence-corrected chi connectivity index (χ3v) is 11.3. The summed E-state index contributed by atoms with van der Waals surface area (Å²) in [7, 11) is -2.92. The summed E-state index contributed by atoms with van der Waals surface area (Å²) in [6.07, 6.45) is -3.28. The van der Waals surface area contributed by atoms with E-state index >= 15 is 0 Å². The molecule has 0 unspecified atom stereocenters. The molecule has 2 N–H and O–H groups in total. The second-order valence-corrected chi connectivity index (χ2v) is 17.3. The molecule has 33 heavy (non-hydrogen) atoms. The van der Waals surface area contributed by atoms with Gasteiger partial charge in [-0.2, -0.15) is 0 Å². The maximum atomic E-state index is 12.4. The van der Waals surface area contributed by atoms with E-state index in [0.717, 1.165) is 0 Å². The SMILES string of the molecule is CC(C)(C)[Si]1(C(C)(C)C)OC[C@H]2O[C@@H](OCCCN=[N+]=[N-])[C@H](NC(=O)C(Cl)(Cl)Cl)[C@@H](O)[C@@H]2O1. The summed E-state index contributed by atoms with van der Waals surface area (Å²) in [5.41, 5.74) is 8.40. The van der Waals surface area contributed by atoms with Crippen LogP contribution >= 0.6 is 34.8 Å². The number of alkyl halides is 3. The van der Waals surface area contributed by atoms with Crippen LogP contribution in [0.4, 0.5) is 0 Å². The highest BCUT2D eigenvalue weighted by Gasteiger charge is 2.64. The minimum atomic E-state index is -2.92. The number of aliphatic hydroxyl groups excluding tert-OH is 1. The first-order chi connectivity index (χ1) is 15.0. The first-order valence-electron chi connectivity index (χ1n) is 10.7. The van der Waals surface area contributed by atoms with Crippen LogP contribution in [0.3, 0.4) is 0 Å². The molecular weight excluding hydrogens is 515 g/mol. The van der Waals surface area contributed by atoms with Crippen LogP contribution in [0, 0.1) is 0 Å². The highest BCUT2D eigenvalue weighted by atomic mass is 35.6. The predicted molar refractivity (Wildman–Crippen MR) is 127 cm³/mol. The molecule has 10 nitrogen and oxygen atoms in total. The van der Waals surface area contributed by atoms with Crippen molar-refractivity contribution in [2.75, 3.05) is 19.8 Å². The minimum absolute atomic E-state index is 0.151. The predicted octanol–water partition coefficient (Wildman–Crippen LogP) is 4.10. The number of aliphatic hydroxyl groups is 1. The molecule has 2 aliphatic heterocycles. The van der Waals surface area contributed by atoms with Crippen molar-refractivity contribution in [3.05, 3.63) is 10.4 Å². The summed E-state index contributed by atoms with van der Waals surface area (Å²) in [5, 5.41) is 16.7. The van der Waals surface area contributed by atoms with Gasteiger partial charge >= 0.3 is 8.56 Å². The van der Waals surface area contributed by atoms with Crippen molar-refractivity contribution in [3.63, 3.8) is 0 Å². The van der Waals surface area contributed by atoms with Gasteiger partial charge in [-0.25, -0.2) is 0 Å². The number of halogens is 3. The monoisotopic (exact) mass is 546 g/mol. The van der Waals surface area contributed by atoms with Gasteiger partial charge in [-0.1, -0.05) is 81.5 Å². The van der Waals surface area contributed by atoms with E-state index in [0.29, 0.717) is 6.42 Å². The number of azide groups is 1. The van der Waals surface area contributed by atoms with Crippen LogP contribution in [-0.2, 0) is 23.1 Å². The lowest BCUT2D eigenvalue weighted by Gasteiger charge is -2.57. The van der Waals surface area contributed by atoms with Crippen LogP contribution < -0.4 is 5.32 Å². The van der Waals surface area contributed by atoms with Crippen molar-refractivity contribution in [1.82, 2.24) is 5.32 Å². The van der Waals surface area contributed by atoms with Gasteiger partial charge in [-0.3, -0.25) is 4.79 Å². The Labute approximate surface area is 210 Å². The Kier molecular flexibility index (Phi) is 9.40. The average molecular weight is 548 g/mol. The quantitative estimate of drug-likeness (QED) is 0.128. The van der Waals surface area contributed by atoms with Gasteiger partial charge in [0.25, 0.3) is 9.70 Å². The standard InChI is InChI=1S/C19H33Cl3N4O6Si/c1-17(2,3)33(18(4,5)6)30-10-11-14(32-33)13(27)12(25-16(28)19(20,21)22)15(31-11)29-9-7-8-24-26-23/h11-15,27H,7-10H2,1-6H3,(H,25,28)/t11-,12-,13-,14-,15-/m1/s1. The second-order valence-electron chi connectivity index (χ2n) is 10.2. The Morgan fingerprint density at radius 2 is 1.85 bits per heavy atom. The summed E-state index contributed by atoms with van der Waals surface area (Å²) < 4.78 is 22.6. The Bertz CT molecular complexity index is 737. The van der Waals surface area contributed by atoms with Crippen molar-refractivity contribution in [2.45, 2.75) is 92.5 Å². The Balaban J connectivity index is 2.30. The van der Waals surface area contributed by atoms with Crippen molar-refractivity contribution in [1.29, 1.82) is 0 Å². The van der Waals surface area contributed by atoms with Crippen LogP contribution in [-0.4, -0.2) is 73.8 Å². The van der Waals surface area contributed by atoms with Crippen molar-refractivity contribution in [2.24, 2.45) is 5.11 Å². The maximum absolute atomic E-state index is 12.4. The van der Waals surface area contributed by atoms with E-state index < -0.39 is 48.9 Å². The summed E-state index contributed by atoms with van der Waals surface area (Å²) in [6.45, 7) is 12.9. The lowest BCUT2D eigenvalue weighted by Crippen LogP contribution is -2.73. The zero-order valence-electron chi connectivity index (χ0n) is 19.7. The van der Waals surface area contributed by atoms with Gasteiger partial charge in [0.05, 0.1) is 6.61 Å². The molecule has 2 heterocycles. The number of nitrogens with one attached hydrogen (secondary N) is 1. The second kappa shape index (κ2) is 10.7. The molecule has 14 heteroatoms. The molecule has 0 aromatic heterocycles. The fourth-order valence-corrected chi connectivity index (χ4v) is 9.57. The summed E-state index contributed by atoms with van der Waals surface area (Å²) in [4.78, 5) is 15.1. The van der Waals surface area contributed by atoms with Crippen LogP contribution in [0.15, 0.2) is 5.11 Å². The number of ether oxygens (including phenoxy) is 2. The maximum Gasteiger partial charge on any atom is 0.349 e. The third-order valence-electron chi connectivity index (χ3n) is 5.70. The van der Waals surface area contributed by atoms with Crippen molar-refractivity contribution < 1.29 is 28.2 Å². The van der Waals surface area contributed by atoms with E-state index in [2.05, 4.69) is 56.9 Å². The van der Waals surface area contributed by atoms with E-state index in [-0.39, 0.29) is 29.8 Å². The molecule has 0 aromatic rings. The molecule has 190 valence electrons. The Morgan fingerprint density at radius 3 is 2.36 bits per heavy atom. The van der Waals surface area contributed by atoms with E-state index in [1.807, 2.05) is 0 Å². The summed E-state index contributed by atoms with van der Waals surface area (Å²) in [5.74, 6) is -0.927. The molecule has 0 bridgehead atoms. The molecule has 2 rings (SSSR count). The van der Waals surface area contributed by atoms with Crippen LogP contribution in [0.25, 0.3) is 10.4 Å². The zero-order chi connectivity index (χ0) is 25.2. The number of fused-ring (bicyclic) bond motifs is 1. The lowest BCUT2D eigenvalue weighted by molar-refractivity contribution is -0.280. The number of carbonyl (C=O) groups is 1. The molecule has 0 aliphatic carbocycles. The van der Waals surface area contributed by atoms with Crippen LogP contribution in [0.1, 0.15) is 48.0 Å². The average Bonchev–Trinajstić information content (AvgIpc) is 2.67. The molecular formula is C19H33Cl3N4O6Si. The molecule has 0 aromatic carbocycles. The smallest absolute Gasteiger partial charge is 0.349 e. The van der Waals surface area contributed by atoms with Gasteiger partial charge in [0.2, 0.25) is 0 Å². The minimum Gasteiger partial charge on any atom is -0.391 e. The van der Waals surface area contributed by atoms with Gasteiger partial charge in [0.15, 0.2) is 6.29 Å². The Morgan fingerprint density at radius 1 is 1.24 bits per heavy atom. The van der Waals surface area contributed by atoms with Gasteiger partial charge in [-0.15, -0.1) is 0 Å². The number of nitrogens with zero attached hydrogens (tertiary/aromatic N) is 3. The fourth-order valence-electron chi connectivity index (χ4n) is 4.45. The number of hydrogen-bond donors (Lipinski definition) is 2. The summed E-state index contributed by atoms with van der Waals surface area (Å²) >= 11 is 17.2. The summed E-state index contributed by atoms with van der Waals surface area (Å²) in [6, 6.07) is -1.07. The van der Waals surface area contributed by atoms with E-state index in [1.165, 1.54) is 0 Å². The fraction of sp³-hybridized carbons (Fsp3) is 0.947. The first-order valence-corrected chi connectivity index (χ1v) is 13.7. The van der Waals surface area contributed by atoms with E-state index in [1.54, 1.807) is 0 Å². The normalized spacial score (nSPS) is 30.2. The third kappa shape index (κ3) is 6.46. The molecule has 0 saturated carbocycles. The molecule has 5 atom stereocenters. The molecule has 0 spiro atoms. The van der Waals surface area contributed by atoms with Gasteiger partial charge in [-0.05, 0) is 12.0 Å². The molecule has 1 amide bonds. The molecule has 2 fully saturated rings.